The molecule has 0 radical (unpaired) electrons. The highest BCUT2D eigenvalue weighted by atomic mass is 35.5. The number of rotatable bonds is 7. The number of hydrogen-bond acceptors (Lipinski definition) is 4. The summed E-state index contributed by atoms with van der Waals surface area (Å²) in [6.07, 6.45) is 3.40. The Balaban J connectivity index is 1.69. The third kappa shape index (κ3) is 4.90. The van der Waals surface area contributed by atoms with Crippen LogP contribution in [0.25, 0.3) is 0 Å². The van der Waals surface area contributed by atoms with E-state index in [0.29, 0.717) is 18.2 Å². The number of likely N-dealkylation sites (tertiary alicyclic amines) is 1. The highest BCUT2D eigenvalue weighted by Crippen LogP contribution is 2.37. The van der Waals surface area contributed by atoms with Gasteiger partial charge in [-0.25, -0.2) is 0 Å². The second kappa shape index (κ2) is 8.15. The molecule has 1 aromatic rings. The molecule has 6 heteroatoms. The van der Waals surface area contributed by atoms with Crippen LogP contribution in [0.3, 0.4) is 0 Å². The molecule has 1 aromatic carbocycles. The Labute approximate surface area is 160 Å². The van der Waals surface area contributed by atoms with Crippen LogP contribution in [0, 0.1) is 5.92 Å². The van der Waals surface area contributed by atoms with Crippen molar-refractivity contribution in [3.63, 3.8) is 0 Å². The first kappa shape index (κ1) is 19.5. The second-order valence-electron chi connectivity index (χ2n) is 8.06. The number of carboxylic acids is 1. The molecule has 0 aromatic heterocycles. The lowest BCUT2D eigenvalue weighted by atomic mass is 9.94. The van der Waals surface area contributed by atoms with E-state index in [9.17, 15) is 4.79 Å². The highest BCUT2D eigenvalue weighted by molar-refractivity contribution is 6.30. The van der Waals surface area contributed by atoms with E-state index in [0.717, 1.165) is 43.7 Å². The molecule has 0 amide bonds. The largest absolute Gasteiger partial charge is 0.491 e. The third-order valence-electron chi connectivity index (χ3n) is 5.42. The Morgan fingerprint density at radius 3 is 2.96 bits per heavy atom. The predicted molar refractivity (Wildman–Crippen MR) is 101 cm³/mol. The average Bonchev–Trinajstić information content (AvgIpc) is 3.14. The maximum Gasteiger partial charge on any atom is 0.303 e. The fourth-order valence-electron chi connectivity index (χ4n) is 4.10. The standard InChI is InChI=1S/C20H28ClNO4/c1-20(2)10-14(8-19(23)24)11-22(20)12-15-9-16(21)5-6-18(15)26-13-17-4-3-7-25-17/h5-6,9,14,17H,3-4,7-8,10-13H2,1-2H3,(H,23,24). The van der Waals surface area contributed by atoms with Gasteiger partial charge in [-0.3, -0.25) is 9.69 Å². The van der Waals surface area contributed by atoms with Gasteiger partial charge in [0.15, 0.2) is 0 Å². The van der Waals surface area contributed by atoms with Crippen LogP contribution < -0.4 is 4.74 Å². The molecule has 3 rings (SSSR count). The Bertz CT molecular complexity index is 643. The van der Waals surface area contributed by atoms with Gasteiger partial charge in [-0.1, -0.05) is 11.6 Å². The van der Waals surface area contributed by atoms with E-state index in [1.54, 1.807) is 0 Å². The number of carbonyl (C=O) groups is 1. The van der Waals surface area contributed by atoms with E-state index in [1.807, 2.05) is 18.2 Å². The smallest absolute Gasteiger partial charge is 0.303 e. The Kier molecular flexibility index (Phi) is 6.10. The first-order chi connectivity index (χ1) is 12.3. The number of benzene rings is 1. The molecule has 2 heterocycles. The minimum absolute atomic E-state index is 0.0474. The molecule has 2 saturated heterocycles. The van der Waals surface area contributed by atoms with Crippen LogP contribution in [0.5, 0.6) is 5.75 Å². The van der Waals surface area contributed by atoms with E-state index in [2.05, 4.69) is 18.7 Å². The highest BCUT2D eigenvalue weighted by Gasteiger charge is 2.39. The molecule has 26 heavy (non-hydrogen) atoms. The summed E-state index contributed by atoms with van der Waals surface area (Å²) in [5.41, 5.74) is 0.994. The van der Waals surface area contributed by atoms with Crippen molar-refractivity contribution in [3.8, 4) is 5.75 Å². The van der Waals surface area contributed by atoms with E-state index in [-0.39, 0.29) is 24.0 Å². The van der Waals surface area contributed by atoms with E-state index in [1.165, 1.54) is 0 Å². The van der Waals surface area contributed by atoms with Crippen molar-refractivity contribution in [1.82, 2.24) is 4.90 Å². The first-order valence-electron chi connectivity index (χ1n) is 9.33. The van der Waals surface area contributed by atoms with E-state index in [4.69, 9.17) is 26.2 Å². The van der Waals surface area contributed by atoms with E-state index < -0.39 is 5.97 Å². The van der Waals surface area contributed by atoms with Crippen molar-refractivity contribution in [1.29, 1.82) is 0 Å². The SMILES string of the molecule is CC1(C)CC(CC(=O)O)CN1Cc1cc(Cl)ccc1OCC1CCCO1. The lowest BCUT2D eigenvalue weighted by Crippen LogP contribution is -2.37. The van der Waals surface area contributed by atoms with Crippen LogP contribution in [0.1, 0.15) is 45.1 Å². The van der Waals surface area contributed by atoms with Crippen molar-refractivity contribution in [2.24, 2.45) is 5.92 Å². The molecule has 5 nitrogen and oxygen atoms in total. The van der Waals surface area contributed by atoms with Gasteiger partial charge < -0.3 is 14.6 Å². The zero-order valence-corrected chi connectivity index (χ0v) is 16.3. The Morgan fingerprint density at radius 1 is 1.46 bits per heavy atom. The fraction of sp³-hybridized carbons (Fsp3) is 0.650. The van der Waals surface area contributed by atoms with Crippen molar-refractivity contribution in [3.05, 3.63) is 28.8 Å². The molecule has 2 atom stereocenters. The molecule has 0 spiro atoms. The molecule has 2 aliphatic heterocycles. The third-order valence-corrected chi connectivity index (χ3v) is 5.65. The zero-order valence-electron chi connectivity index (χ0n) is 15.5. The number of carboxylic acid groups (broad SMARTS) is 1. The van der Waals surface area contributed by atoms with Crippen LogP contribution in [0.15, 0.2) is 18.2 Å². The molecule has 144 valence electrons. The lowest BCUT2D eigenvalue weighted by Gasteiger charge is -2.32. The molecule has 0 saturated carbocycles. The fourth-order valence-corrected chi connectivity index (χ4v) is 4.29. The van der Waals surface area contributed by atoms with Crippen LogP contribution in [-0.2, 0) is 16.1 Å². The number of hydrogen-bond donors (Lipinski definition) is 1. The summed E-state index contributed by atoms with van der Waals surface area (Å²) in [7, 11) is 0. The summed E-state index contributed by atoms with van der Waals surface area (Å²) >= 11 is 6.22. The quantitative estimate of drug-likeness (QED) is 0.774. The summed E-state index contributed by atoms with van der Waals surface area (Å²) in [6.45, 7) is 7.19. The van der Waals surface area contributed by atoms with Gasteiger partial charge in [0.25, 0.3) is 0 Å². The molecule has 2 aliphatic rings. The molecule has 0 aliphatic carbocycles. The number of ether oxygens (including phenoxy) is 2. The molecule has 0 bridgehead atoms. The topological polar surface area (TPSA) is 59.0 Å². The minimum atomic E-state index is -0.726. The van der Waals surface area contributed by atoms with Gasteiger partial charge in [0.05, 0.1) is 6.10 Å². The van der Waals surface area contributed by atoms with Gasteiger partial charge in [-0.15, -0.1) is 0 Å². The predicted octanol–water partition coefficient (Wildman–Crippen LogP) is 3.97. The Morgan fingerprint density at radius 2 is 2.27 bits per heavy atom. The summed E-state index contributed by atoms with van der Waals surface area (Å²) in [6, 6.07) is 5.72. The molecular weight excluding hydrogens is 354 g/mol. The van der Waals surface area contributed by atoms with Gasteiger partial charge in [-0.2, -0.15) is 0 Å². The summed E-state index contributed by atoms with van der Waals surface area (Å²) in [5.74, 6) is 0.288. The number of nitrogens with zero attached hydrogens (tertiary/aromatic N) is 1. The van der Waals surface area contributed by atoms with Gasteiger partial charge >= 0.3 is 5.97 Å². The van der Waals surface area contributed by atoms with Gasteiger partial charge in [0, 0.05) is 42.2 Å². The van der Waals surface area contributed by atoms with Gasteiger partial charge in [-0.05, 0) is 57.2 Å². The van der Waals surface area contributed by atoms with Crippen molar-refractivity contribution < 1.29 is 19.4 Å². The summed E-state index contributed by atoms with van der Waals surface area (Å²) in [5, 5.41) is 9.79. The maximum absolute atomic E-state index is 11.1. The zero-order chi connectivity index (χ0) is 18.7. The van der Waals surface area contributed by atoms with Crippen LogP contribution in [0.4, 0.5) is 0 Å². The number of aliphatic carboxylic acids is 1. The molecular formula is C20H28ClNO4. The van der Waals surface area contributed by atoms with Crippen molar-refractivity contribution in [2.45, 2.75) is 57.7 Å². The molecule has 2 fully saturated rings. The minimum Gasteiger partial charge on any atom is -0.491 e. The summed E-state index contributed by atoms with van der Waals surface area (Å²) in [4.78, 5) is 13.4. The Hall–Kier alpha value is -1.30. The van der Waals surface area contributed by atoms with Crippen molar-refractivity contribution >= 4 is 17.6 Å². The second-order valence-corrected chi connectivity index (χ2v) is 8.50. The van der Waals surface area contributed by atoms with Gasteiger partial charge in [0.2, 0.25) is 0 Å². The van der Waals surface area contributed by atoms with Crippen LogP contribution in [0.2, 0.25) is 5.02 Å². The van der Waals surface area contributed by atoms with Crippen LogP contribution in [-0.4, -0.2) is 47.4 Å². The molecule has 1 N–H and O–H groups in total. The molecule has 2 unspecified atom stereocenters. The average molecular weight is 382 g/mol. The normalized spacial score (nSPS) is 25.5. The maximum atomic E-state index is 11.1. The van der Waals surface area contributed by atoms with Crippen molar-refractivity contribution in [2.75, 3.05) is 19.8 Å². The monoisotopic (exact) mass is 381 g/mol. The lowest BCUT2D eigenvalue weighted by molar-refractivity contribution is -0.138. The summed E-state index contributed by atoms with van der Waals surface area (Å²) < 4.78 is 11.7. The van der Waals surface area contributed by atoms with Gasteiger partial charge in [0.1, 0.15) is 12.4 Å². The number of halogens is 1. The first-order valence-corrected chi connectivity index (χ1v) is 9.71. The van der Waals surface area contributed by atoms with E-state index >= 15 is 0 Å². The van der Waals surface area contributed by atoms with Crippen LogP contribution >= 0.6 is 11.6 Å².